The number of benzene rings is 3. The van der Waals surface area contributed by atoms with Crippen LogP contribution in [-0.4, -0.2) is 26.0 Å². The Hall–Kier alpha value is -3.60. The van der Waals surface area contributed by atoms with Crippen molar-refractivity contribution in [3.8, 4) is 5.75 Å². The van der Waals surface area contributed by atoms with Gasteiger partial charge in [0.2, 0.25) is 0 Å². The SMILES string of the molecule is CNC(=O)c1ccc(/C=C/C(=O)OCc2ccc3cc(OC)ccc3c2)cc1. The summed E-state index contributed by atoms with van der Waals surface area (Å²) in [6, 6.07) is 18.7. The lowest BCUT2D eigenvalue weighted by Crippen LogP contribution is -2.17. The minimum Gasteiger partial charge on any atom is -0.497 e. The van der Waals surface area contributed by atoms with E-state index in [0.717, 1.165) is 27.6 Å². The van der Waals surface area contributed by atoms with E-state index >= 15 is 0 Å². The van der Waals surface area contributed by atoms with Gasteiger partial charge in [-0.1, -0.05) is 30.3 Å². The second-order valence-electron chi connectivity index (χ2n) is 6.19. The minimum atomic E-state index is -0.426. The molecular formula is C23H21NO4. The van der Waals surface area contributed by atoms with Crippen molar-refractivity contribution < 1.29 is 19.1 Å². The Morgan fingerprint density at radius 3 is 2.39 bits per heavy atom. The number of carbonyl (C=O) groups excluding carboxylic acids is 2. The molecule has 0 atom stereocenters. The summed E-state index contributed by atoms with van der Waals surface area (Å²) in [6.45, 7) is 0.195. The zero-order valence-electron chi connectivity index (χ0n) is 15.8. The van der Waals surface area contributed by atoms with Gasteiger partial charge in [-0.2, -0.15) is 0 Å². The second kappa shape index (κ2) is 8.86. The van der Waals surface area contributed by atoms with E-state index in [1.54, 1.807) is 44.5 Å². The Morgan fingerprint density at radius 2 is 1.68 bits per heavy atom. The van der Waals surface area contributed by atoms with Gasteiger partial charge in [-0.3, -0.25) is 4.79 Å². The van der Waals surface area contributed by atoms with Crippen molar-refractivity contribution >= 4 is 28.7 Å². The third-order valence-electron chi connectivity index (χ3n) is 4.30. The number of nitrogens with one attached hydrogen (secondary N) is 1. The molecule has 3 aromatic carbocycles. The van der Waals surface area contributed by atoms with Crippen LogP contribution in [-0.2, 0) is 16.1 Å². The average molecular weight is 375 g/mol. The molecule has 0 heterocycles. The van der Waals surface area contributed by atoms with Crippen molar-refractivity contribution in [1.29, 1.82) is 0 Å². The molecule has 0 aliphatic heterocycles. The molecular weight excluding hydrogens is 354 g/mol. The van der Waals surface area contributed by atoms with Gasteiger partial charge in [0.05, 0.1) is 7.11 Å². The fourth-order valence-corrected chi connectivity index (χ4v) is 2.75. The first-order valence-corrected chi connectivity index (χ1v) is 8.83. The lowest BCUT2D eigenvalue weighted by atomic mass is 10.1. The van der Waals surface area contributed by atoms with Gasteiger partial charge in [0.1, 0.15) is 12.4 Å². The number of methoxy groups -OCH3 is 1. The van der Waals surface area contributed by atoms with Crippen LogP contribution in [0.3, 0.4) is 0 Å². The molecule has 0 saturated carbocycles. The number of esters is 1. The minimum absolute atomic E-state index is 0.149. The van der Waals surface area contributed by atoms with E-state index in [0.29, 0.717) is 5.56 Å². The Kier molecular flexibility index (Phi) is 6.07. The molecule has 0 bridgehead atoms. The molecule has 28 heavy (non-hydrogen) atoms. The highest BCUT2D eigenvalue weighted by Gasteiger charge is 2.03. The first-order valence-electron chi connectivity index (χ1n) is 8.83. The summed E-state index contributed by atoms with van der Waals surface area (Å²) >= 11 is 0. The fourth-order valence-electron chi connectivity index (χ4n) is 2.75. The van der Waals surface area contributed by atoms with Crippen LogP contribution in [0.2, 0.25) is 0 Å². The number of fused-ring (bicyclic) bond motifs is 1. The Morgan fingerprint density at radius 1 is 0.964 bits per heavy atom. The zero-order valence-corrected chi connectivity index (χ0v) is 15.8. The quantitative estimate of drug-likeness (QED) is 0.523. The van der Waals surface area contributed by atoms with E-state index in [4.69, 9.17) is 9.47 Å². The number of ether oxygens (including phenoxy) is 2. The number of amides is 1. The first kappa shape index (κ1) is 19.2. The number of hydrogen-bond donors (Lipinski definition) is 1. The van der Waals surface area contributed by atoms with Crippen LogP contribution in [0.15, 0.2) is 66.7 Å². The summed E-state index contributed by atoms with van der Waals surface area (Å²) in [5.74, 6) is 0.231. The standard InChI is InChI=1S/C23H21NO4/c1-24-23(26)18-7-3-16(4-8-18)6-12-22(25)28-15-17-5-9-20-14-21(27-2)11-10-19(20)13-17/h3-14H,15H2,1-2H3,(H,24,26)/b12-6+. The summed E-state index contributed by atoms with van der Waals surface area (Å²) in [7, 11) is 3.22. The second-order valence-corrected chi connectivity index (χ2v) is 6.19. The van der Waals surface area contributed by atoms with Crippen LogP contribution in [0, 0.1) is 0 Å². The normalized spacial score (nSPS) is 10.8. The molecule has 0 aliphatic carbocycles. The van der Waals surface area contributed by atoms with Crippen molar-refractivity contribution in [1.82, 2.24) is 5.32 Å². The van der Waals surface area contributed by atoms with Crippen molar-refractivity contribution in [2.45, 2.75) is 6.61 Å². The molecule has 0 saturated heterocycles. The van der Waals surface area contributed by atoms with Gasteiger partial charge in [-0.15, -0.1) is 0 Å². The highest BCUT2D eigenvalue weighted by molar-refractivity contribution is 5.94. The van der Waals surface area contributed by atoms with Gasteiger partial charge in [0.25, 0.3) is 5.91 Å². The highest BCUT2D eigenvalue weighted by atomic mass is 16.5. The number of carbonyl (C=O) groups is 2. The first-order chi connectivity index (χ1) is 13.6. The largest absolute Gasteiger partial charge is 0.497 e. The van der Waals surface area contributed by atoms with E-state index in [1.165, 1.54) is 6.08 Å². The number of rotatable bonds is 6. The maximum absolute atomic E-state index is 12.0. The van der Waals surface area contributed by atoms with Gasteiger partial charge >= 0.3 is 5.97 Å². The predicted molar refractivity (Wildman–Crippen MR) is 109 cm³/mol. The van der Waals surface area contributed by atoms with Crippen LogP contribution in [0.4, 0.5) is 0 Å². The number of hydrogen-bond acceptors (Lipinski definition) is 4. The van der Waals surface area contributed by atoms with Crippen molar-refractivity contribution in [2.75, 3.05) is 14.2 Å². The van der Waals surface area contributed by atoms with Gasteiger partial charge < -0.3 is 14.8 Å². The Bertz CT molecular complexity index is 1020. The monoisotopic (exact) mass is 375 g/mol. The van der Waals surface area contributed by atoms with Crippen molar-refractivity contribution in [3.05, 3.63) is 83.4 Å². The molecule has 0 unspecified atom stereocenters. The summed E-state index contributed by atoms with van der Waals surface area (Å²) in [5.41, 5.74) is 2.29. The molecule has 0 spiro atoms. The smallest absolute Gasteiger partial charge is 0.331 e. The molecule has 0 aromatic heterocycles. The predicted octanol–water partition coefficient (Wildman–Crippen LogP) is 3.96. The molecule has 0 aliphatic rings. The van der Waals surface area contributed by atoms with E-state index in [9.17, 15) is 9.59 Å². The van der Waals surface area contributed by atoms with E-state index in [1.807, 2.05) is 36.4 Å². The van der Waals surface area contributed by atoms with Crippen molar-refractivity contribution in [3.63, 3.8) is 0 Å². The Balaban J connectivity index is 1.58. The third-order valence-corrected chi connectivity index (χ3v) is 4.30. The lowest BCUT2D eigenvalue weighted by Gasteiger charge is -2.06. The van der Waals surface area contributed by atoms with Gasteiger partial charge in [-0.05, 0) is 58.3 Å². The summed E-state index contributed by atoms with van der Waals surface area (Å²) in [6.07, 6.45) is 3.03. The maximum Gasteiger partial charge on any atom is 0.331 e. The molecule has 142 valence electrons. The van der Waals surface area contributed by atoms with Crippen molar-refractivity contribution in [2.24, 2.45) is 0 Å². The summed E-state index contributed by atoms with van der Waals surface area (Å²) in [4.78, 5) is 23.5. The fraction of sp³-hybridized carbons (Fsp3) is 0.130. The summed E-state index contributed by atoms with van der Waals surface area (Å²) in [5, 5.41) is 4.68. The van der Waals surface area contributed by atoms with E-state index in [-0.39, 0.29) is 12.5 Å². The van der Waals surface area contributed by atoms with E-state index < -0.39 is 5.97 Å². The van der Waals surface area contributed by atoms with Crippen LogP contribution in [0.1, 0.15) is 21.5 Å². The summed E-state index contributed by atoms with van der Waals surface area (Å²) < 4.78 is 10.5. The van der Waals surface area contributed by atoms with Crippen LogP contribution < -0.4 is 10.1 Å². The van der Waals surface area contributed by atoms with Crippen LogP contribution >= 0.6 is 0 Å². The van der Waals surface area contributed by atoms with Crippen LogP contribution in [0.25, 0.3) is 16.8 Å². The molecule has 1 N–H and O–H groups in total. The van der Waals surface area contributed by atoms with E-state index in [2.05, 4.69) is 5.32 Å². The lowest BCUT2D eigenvalue weighted by molar-refractivity contribution is -0.138. The molecule has 3 aromatic rings. The average Bonchev–Trinajstić information content (AvgIpc) is 2.75. The van der Waals surface area contributed by atoms with Gasteiger partial charge in [-0.25, -0.2) is 4.79 Å². The molecule has 0 radical (unpaired) electrons. The van der Waals surface area contributed by atoms with Gasteiger partial charge in [0.15, 0.2) is 0 Å². The molecule has 3 rings (SSSR count). The molecule has 5 nitrogen and oxygen atoms in total. The Labute approximate surface area is 163 Å². The van der Waals surface area contributed by atoms with Gasteiger partial charge in [0, 0.05) is 18.7 Å². The topological polar surface area (TPSA) is 64.6 Å². The molecule has 5 heteroatoms. The highest BCUT2D eigenvalue weighted by Crippen LogP contribution is 2.22. The third kappa shape index (κ3) is 4.76. The molecule has 0 fully saturated rings. The maximum atomic E-state index is 12.0. The van der Waals surface area contributed by atoms with Crippen LogP contribution in [0.5, 0.6) is 5.75 Å². The molecule has 1 amide bonds. The zero-order chi connectivity index (χ0) is 19.9.